The molecule has 1 aliphatic heterocycles. The molecule has 1 aliphatic rings. The van der Waals surface area contributed by atoms with Crippen LogP contribution in [0.1, 0.15) is 24.1 Å². The minimum absolute atomic E-state index is 0.180. The predicted molar refractivity (Wildman–Crippen MR) is 107 cm³/mol. The molecule has 1 unspecified atom stereocenters. The lowest BCUT2D eigenvalue weighted by Crippen LogP contribution is -2.45. The van der Waals surface area contributed by atoms with Crippen molar-refractivity contribution < 1.29 is 9.53 Å². The maximum Gasteiger partial charge on any atom is 0.255 e. The third-order valence-electron chi connectivity index (χ3n) is 4.27. The first-order valence-electron chi connectivity index (χ1n) is 8.28. The smallest absolute Gasteiger partial charge is 0.255 e. The molecule has 134 valence electrons. The number of benzene rings is 2. The van der Waals surface area contributed by atoms with E-state index in [9.17, 15) is 4.79 Å². The molecule has 2 aromatic rings. The fourth-order valence-corrected chi connectivity index (χ4v) is 3.15. The highest BCUT2D eigenvalue weighted by molar-refractivity contribution is 7.80. The van der Waals surface area contributed by atoms with Crippen LogP contribution in [0.25, 0.3) is 0 Å². The highest BCUT2D eigenvalue weighted by Gasteiger charge is 2.29. The van der Waals surface area contributed by atoms with Crippen molar-refractivity contribution in [1.82, 2.24) is 10.6 Å². The van der Waals surface area contributed by atoms with Gasteiger partial charge in [0.2, 0.25) is 0 Å². The number of allylic oxidation sites excluding steroid dienone is 1. The molecule has 0 radical (unpaired) electrons. The molecule has 26 heavy (non-hydrogen) atoms. The van der Waals surface area contributed by atoms with Gasteiger partial charge in [-0.25, -0.2) is 0 Å². The number of amides is 1. The number of rotatable bonds is 4. The lowest BCUT2D eigenvalue weighted by Gasteiger charge is -2.30. The molecule has 0 aromatic heterocycles. The van der Waals surface area contributed by atoms with Crippen LogP contribution in [-0.2, 0) is 4.79 Å². The Balaban J connectivity index is 1.89. The van der Waals surface area contributed by atoms with Crippen molar-refractivity contribution in [2.75, 3.05) is 12.4 Å². The van der Waals surface area contributed by atoms with Crippen LogP contribution in [-0.4, -0.2) is 18.1 Å². The second kappa shape index (κ2) is 7.58. The Bertz CT molecular complexity index is 858. The number of anilines is 1. The molecule has 0 spiro atoms. The zero-order chi connectivity index (χ0) is 18.7. The number of carbonyl (C=O) groups is 1. The summed E-state index contributed by atoms with van der Waals surface area (Å²) in [7, 11) is 1.61. The van der Waals surface area contributed by atoms with Gasteiger partial charge in [0, 0.05) is 11.4 Å². The van der Waals surface area contributed by atoms with Gasteiger partial charge in [0.05, 0.1) is 18.7 Å². The summed E-state index contributed by atoms with van der Waals surface area (Å²) in [6.07, 6.45) is 0. The molecule has 5 nitrogen and oxygen atoms in total. The molecular formula is C20H21N3O2S. The normalized spacial score (nSPS) is 16.6. The predicted octanol–water partition coefficient (Wildman–Crippen LogP) is 3.44. The first kappa shape index (κ1) is 17.9. The van der Waals surface area contributed by atoms with E-state index in [2.05, 4.69) is 16.0 Å². The van der Waals surface area contributed by atoms with Crippen LogP contribution in [0.4, 0.5) is 5.69 Å². The molecule has 1 amide bonds. The first-order valence-corrected chi connectivity index (χ1v) is 8.69. The molecule has 0 saturated carbocycles. The second-order valence-electron chi connectivity index (χ2n) is 6.16. The van der Waals surface area contributed by atoms with Crippen molar-refractivity contribution in [3.8, 4) is 5.75 Å². The monoisotopic (exact) mass is 367 g/mol. The van der Waals surface area contributed by atoms with E-state index in [1.807, 2.05) is 50.2 Å². The third-order valence-corrected chi connectivity index (χ3v) is 4.49. The van der Waals surface area contributed by atoms with Crippen LogP contribution in [0.2, 0.25) is 0 Å². The molecule has 0 saturated heterocycles. The van der Waals surface area contributed by atoms with Gasteiger partial charge in [-0.2, -0.15) is 0 Å². The van der Waals surface area contributed by atoms with Crippen molar-refractivity contribution in [2.24, 2.45) is 0 Å². The van der Waals surface area contributed by atoms with Crippen molar-refractivity contribution in [1.29, 1.82) is 0 Å². The number of nitrogens with one attached hydrogen (secondary N) is 3. The Labute approximate surface area is 158 Å². The van der Waals surface area contributed by atoms with E-state index >= 15 is 0 Å². The molecule has 3 rings (SSSR count). The van der Waals surface area contributed by atoms with Crippen molar-refractivity contribution in [3.63, 3.8) is 0 Å². The summed E-state index contributed by atoms with van der Waals surface area (Å²) in [5.41, 5.74) is 4.20. The van der Waals surface area contributed by atoms with Gasteiger partial charge in [-0.15, -0.1) is 0 Å². The average molecular weight is 367 g/mol. The fourth-order valence-electron chi connectivity index (χ4n) is 2.88. The van der Waals surface area contributed by atoms with Crippen LogP contribution >= 0.6 is 12.2 Å². The largest absolute Gasteiger partial charge is 0.497 e. The van der Waals surface area contributed by atoms with Crippen molar-refractivity contribution in [3.05, 3.63) is 70.9 Å². The topological polar surface area (TPSA) is 62.4 Å². The standard InChI is InChI=1S/C20H21N3O2S/c1-12-4-6-14(7-5-12)18-17(13(2)21-20(26)23-18)19(24)22-15-8-10-16(25-3)11-9-15/h4-11,18H,1-3H3,(H,22,24)(H2,21,23,26). The molecular weight excluding hydrogens is 346 g/mol. The molecule has 2 aromatic carbocycles. The Morgan fingerprint density at radius 2 is 1.73 bits per heavy atom. The lowest BCUT2D eigenvalue weighted by atomic mass is 9.94. The zero-order valence-electron chi connectivity index (χ0n) is 14.9. The number of carbonyl (C=O) groups excluding carboxylic acids is 1. The van der Waals surface area contributed by atoms with Gasteiger partial charge in [-0.1, -0.05) is 29.8 Å². The average Bonchev–Trinajstić information content (AvgIpc) is 2.62. The molecule has 0 bridgehead atoms. The number of aryl methyl sites for hydroxylation is 1. The Morgan fingerprint density at radius 3 is 2.35 bits per heavy atom. The molecule has 3 N–H and O–H groups in total. The minimum atomic E-state index is -0.303. The van der Waals surface area contributed by atoms with E-state index in [1.165, 1.54) is 0 Å². The summed E-state index contributed by atoms with van der Waals surface area (Å²) in [6, 6.07) is 15.0. The highest BCUT2D eigenvalue weighted by Crippen LogP contribution is 2.28. The fraction of sp³-hybridized carbons (Fsp3) is 0.200. The summed E-state index contributed by atoms with van der Waals surface area (Å²) >= 11 is 5.28. The summed E-state index contributed by atoms with van der Waals surface area (Å²) in [4.78, 5) is 13.0. The molecule has 0 fully saturated rings. The molecule has 1 atom stereocenters. The minimum Gasteiger partial charge on any atom is -0.497 e. The Kier molecular flexibility index (Phi) is 5.23. The van der Waals surface area contributed by atoms with E-state index < -0.39 is 0 Å². The van der Waals surface area contributed by atoms with Gasteiger partial charge in [-0.05, 0) is 55.9 Å². The molecule has 6 heteroatoms. The number of methoxy groups -OCH3 is 1. The number of ether oxygens (including phenoxy) is 1. The van der Waals surface area contributed by atoms with Gasteiger partial charge in [0.15, 0.2) is 5.11 Å². The Morgan fingerprint density at radius 1 is 1.08 bits per heavy atom. The molecule has 0 aliphatic carbocycles. The third kappa shape index (κ3) is 3.86. The van der Waals surface area contributed by atoms with Gasteiger partial charge >= 0.3 is 0 Å². The number of hydrogen-bond acceptors (Lipinski definition) is 3. The summed E-state index contributed by atoms with van der Waals surface area (Å²) in [5.74, 6) is 0.558. The van der Waals surface area contributed by atoms with Gasteiger partial charge in [0.1, 0.15) is 5.75 Å². The van der Waals surface area contributed by atoms with Gasteiger partial charge < -0.3 is 20.7 Å². The van der Waals surface area contributed by atoms with Crippen molar-refractivity contribution >= 4 is 28.9 Å². The lowest BCUT2D eigenvalue weighted by molar-refractivity contribution is -0.113. The first-order chi connectivity index (χ1) is 12.5. The second-order valence-corrected chi connectivity index (χ2v) is 6.57. The van der Waals surface area contributed by atoms with Crippen LogP contribution < -0.4 is 20.7 Å². The van der Waals surface area contributed by atoms with Crippen LogP contribution in [0.15, 0.2) is 59.8 Å². The van der Waals surface area contributed by atoms with E-state index in [0.717, 1.165) is 22.6 Å². The van der Waals surface area contributed by atoms with E-state index in [0.29, 0.717) is 16.4 Å². The van der Waals surface area contributed by atoms with E-state index in [4.69, 9.17) is 17.0 Å². The summed E-state index contributed by atoms with van der Waals surface area (Å²) in [6.45, 7) is 3.89. The van der Waals surface area contributed by atoms with Crippen LogP contribution in [0, 0.1) is 6.92 Å². The van der Waals surface area contributed by atoms with Crippen LogP contribution in [0.5, 0.6) is 5.75 Å². The SMILES string of the molecule is COc1ccc(NC(=O)C2=C(C)NC(=S)NC2c2ccc(C)cc2)cc1. The van der Waals surface area contributed by atoms with Crippen LogP contribution in [0.3, 0.4) is 0 Å². The highest BCUT2D eigenvalue weighted by atomic mass is 32.1. The summed E-state index contributed by atoms with van der Waals surface area (Å²) < 4.78 is 5.15. The van der Waals surface area contributed by atoms with E-state index in [-0.39, 0.29) is 11.9 Å². The van der Waals surface area contributed by atoms with Gasteiger partial charge in [0.25, 0.3) is 5.91 Å². The summed E-state index contributed by atoms with van der Waals surface area (Å²) in [5, 5.41) is 9.70. The maximum absolute atomic E-state index is 13.0. The quantitative estimate of drug-likeness (QED) is 0.723. The van der Waals surface area contributed by atoms with Crippen molar-refractivity contribution in [2.45, 2.75) is 19.9 Å². The maximum atomic E-state index is 13.0. The Hall–Kier alpha value is -2.86. The number of thiocarbonyl (C=S) groups is 1. The van der Waals surface area contributed by atoms with E-state index in [1.54, 1.807) is 19.2 Å². The number of hydrogen-bond donors (Lipinski definition) is 3. The zero-order valence-corrected chi connectivity index (χ0v) is 15.7. The molecule has 1 heterocycles. The van der Waals surface area contributed by atoms with Gasteiger partial charge in [-0.3, -0.25) is 4.79 Å².